The van der Waals surface area contributed by atoms with Crippen LogP contribution in [-0.4, -0.2) is 23.4 Å². The number of carbonyl (C=O) groups excluding carboxylic acids is 1. The van der Waals surface area contributed by atoms with Crippen molar-refractivity contribution in [2.45, 2.75) is 25.4 Å². The molecule has 2 aromatic carbocycles. The zero-order valence-corrected chi connectivity index (χ0v) is 13.4. The van der Waals surface area contributed by atoms with Crippen LogP contribution in [0.4, 0.5) is 10.1 Å². The van der Waals surface area contributed by atoms with Crippen LogP contribution < -0.4 is 5.32 Å². The highest BCUT2D eigenvalue weighted by Gasteiger charge is 2.30. The van der Waals surface area contributed by atoms with Gasteiger partial charge in [0, 0.05) is 23.3 Å². The van der Waals surface area contributed by atoms with Gasteiger partial charge in [0.2, 0.25) is 5.91 Å². The molecule has 1 aliphatic carbocycles. The van der Waals surface area contributed by atoms with Crippen molar-refractivity contribution in [2.75, 3.05) is 11.9 Å². The molecule has 1 saturated carbocycles. The lowest BCUT2D eigenvalue weighted by Gasteiger charge is -2.21. The highest BCUT2D eigenvalue weighted by Crippen LogP contribution is 2.28. The van der Waals surface area contributed by atoms with E-state index in [4.69, 9.17) is 11.6 Å². The Morgan fingerprint density at radius 2 is 1.96 bits per heavy atom. The van der Waals surface area contributed by atoms with Crippen molar-refractivity contribution in [2.24, 2.45) is 0 Å². The Morgan fingerprint density at radius 3 is 2.61 bits per heavy atom. The molecular weight excluding hydrogens is 315 g/mol. The van der Waals surface area contributed by atoms with E-state index in [2.05, 4.69) is 10.2 Å². The van der Waals surface area contributed by atoms with Gasteiger partial charge in [0.05, 0.1) is 6.54 Å². The van der Waals surface area contributed by atoms with Gasteiger partial charge in [-0.3, -0.25) is 9.69 Å². The number of rotatable bonds is 6. The van der Waals surface area contributed by atoms with Gasteiger partial charge in [-0.2, -0.15) is 0 Å². The third kappa shape index (κ3) is 4.78. The molecule has 0 radical (unpaired) electrons. The zero-order chi connectivity index (χ0) is 16.2. The van der Waals surface area contributed by atoms with E-state index in [0.29, 0.717) is 29.8 Å². The summed E-state index contributed by atoms with van der Waals surface area (Å²) in [6, 6.07) is 14.0. The molecule has 0 heterocycles. The summed E-state index contributed by atoms with van der Waals surface area (Å²) in [6.45, 7) is 1.00. The van der Waals surface area contributed by atoms with Crippen molar-refractivity contribution in [3.8, 4) is 0 Å². The molecule has 23 heavy (non-hydrogen) atoms. The van der Waals surface area contributed by atoms with Crippen LogP contribution in [0.5, 0.6) is 0 Å². The van der Waals surface area contributed by atoms with Crippen molar-refractivity contribution in [3.63, 3.8) is 0 Å². The van der Waals surface area contributed by atoms with Crippen molar-refractivity contribution in [1.29, 1.82) is 0 Å². The monoisotopic (exact) mass is 332 g/mol. The number of nitrogens with one attached hydrogen (secondary N) is 1. The van der Waals surface area contributed by atoms with Gasteiger partial charge in [-0.05, 0) is 48.7 Å². The SMILES string of the molecule is O=C(CN(Cc1ccc(Cl)cc1)C1CC1)Nc1cccc(F)c1. The van der Waals surface area contributed by atoms with E-state index < -0.39 is 0 Å². The summed E-state index contributed by atoms with van der Waals surface area (Å²) in [5.74, 6) is -0.487. The van der Waals surface area contributed by atoms with Gasteiger partial charge >= 0.3 is 0 Å². The molecule has 1 amide bonds. The van der Waals surface area contributed by atoms with Crippen molar-refractivity contribution >= 4 is 23.2 Å². The quantitative estimate of drug-likeness (QED) is 0.864. The maximum Gasteiger partial charge on any atom is 0.238 e. The van der Waals surface area contributed by atoms with Gasteiger partial charge in [-0.15, -0.1) is 0 Å². The van der Waals surface area contributed by atoms with Gasteiger partial charge < -0.3 is 5.32 Å². The minimum absolute atomic E-state index is 0.128. The zero-order valence-electron chi connectivity index (χ0n) is 12.6. The molecule has 5 heteroatoms. The van der Waals surface area contributed by atoms with Gasteiger partial charge in [0.25, 0.3) is 0 Å². The average molecular weight is 333 g/mol. The van der Waals surface area contributed by atoms with Crippen LogP contribution in [0.1, 0.15) is 18.4 Å². The molecule has 2 aromatic rings. The molecule has 1 fully saturated rings. The Bertz CT molecular complexity index is 686. The standard InChI is InChI=1S/C18H18ClFN2O/c19-14-6-4-13(5-7-14)11-22(17-8-9-17)12-18(23)21-16-3-1-2-15(20)10-16/h1-7,10,17H,8-9,11-12H2,(H,21,23). The lowest BCUT2D eigenvalue weighted by Crippen LogP contribution is -2.34. The van der Waals surface area contributed by atoms with E-state index >= 15 is 0 Å². The third-order valence-electron chi connectivity index (χ3n) is 3.82. The Morgan fingerprint density at radius 1 is 1.22 bits per heavy atom. The molecule has 3 nitrogen and oxygen atoms in total. The number of hydrogen-bond acceptors (Lipinski definition) is 2. The second-order valence-electron chi connectivity index (χ2n) is 5.82. The smallest absolute Gasteiger partial charge is 0.238 e. The van der Waals surface area contributed by atoms with Crippen LogP contribution in [0.2, 0.25) is 5.02 Å². The summed E-state index contributed by atoms with van der Waals surface area (Å²) >= 11 is 5.90. The fourth-order valence-corrected chi connectivity index (χ4v) is 2.66. The normalized spacial score (nSPS) is 14.0. The van der Waals surface area contributed by atoms with Crippen LogP contribution in [0.25, 0.3) is 0 Å². The van der Waals surface area contributed by atoms with Crippen LogP contribution in [0.3, 0.4) is 0 Å². The summed E-state index contributed by atoms with van der Waals surface area (Å²) < 4.78 is 13.2. The number of nitrogens with zero attached hydrogens (tertiary/aromatic N) is 1. The first kappa shape index (κ1) is 16.0. The molecule has 0 aromatic heterocycles. The molecule has 0 aliphatic heterocycles. The van der Waals surface area contributed by atoms with Crippen LogP contribution in [-0.2, 0) is 11.3 Å². The summed E-state index contributed by atoms with van der Waals surface area (Å²) in [4.78, 5) is 14.4. The lowest BCUT2D eigenvalue weighted by atomic mass is 10.2. The number of hydrogen-bond donors (Lipinski definition) is 1. The number of carbonyl (C=O) groups is 1. The molecule has 120 valence electrons. The molecule has 0 saturated heterocycles. The molecule has 0 bridgehead atoms. The van der Waals surface area contributed by atoms with Gasteiger partial charge in [0.15, 0.2) is 0 Å². The summed E-state index contributed by atoms with van der Waals surface area (Å²) in [6.07, 6.45) is 2.22. The maximum absolute atomic E-state index is 13.2. The maximum atomic E-state index is 13.2. The highest BCUT2D eigenvalue weighted by atomic mass is 35.5. The average Bonchev–Trinajstić information content (AvgIpc) is 3.33. The fraction of sp³-hybridized carbons (Fsp3) is 0.278. The highest BCUT2D eigenvalue weighted by molar-refractivity contribution is 6.30. The van der Waals surface area contributed by atoms with Crippen molar-refractivity contribution in [3.05, 3.63) is 64.9 Å². The molecule has 1 aliphatic rings. The number of anilines is 1. The van der Waals surface area contributed by atoms with Crippen LogP contribution >= 0.6 is 11.6 Å². The first-order valence-corrected chi connectivity index (χ1v) is 8.02. The fourth-order valence-electron chi connectivity index (χ4n) is 2.53. The van der Waals surface area contributed by atoms with Crippen molar-refractivity contribution in [1.82, 2.24) is 4.90 Å². The van der Waals surface area contributed by atoms with Gasteiger partial charge in [0.1, 0.15) is 5.82 Å². The topological polar surface area (TPSA) is 32.3 Å². The first-order valence-electron chi connectivity index (χ1n) is 7.64. The lowest BCUT2D eigenvalue weighted by molar-refractivity contribution is -0.117. The summed E-state index contributed by atoms with van der Waals surface area (Å²) in [5, 5.41) is 3.45. The number of amides is 1. The molecular formula is C18H18ClFN2O. The molecule has 3 rings (SSSR count). The van der Waals surface area contributed by atoms with Crippen LogP contribution in [0.15, 0.2) is 48.5 Å². The predicted octanol–water partition coefficient (Wildman–Crippen LogP) is 4.08. The van der Waals surface area contributed by atoms with E-state index in [1.165, 1.54) is 12.1 Å². The van der Waals surface area contributed by atoms with Crippen molar-refractivity contribution < 1.29 is 9.18 Å². The van der Waals surface area contributed by atoms with E-state index in [-0.39, 0.29) is 11.7 Å². The molecule has 1 N–H and O–H groups in total. The van der Waals surface area contributed by atoms with E-state index in [1.54, 1.807) is 12.1 Å². The minimum atomic E-state index is -0.358. The summed E-state index contributed by atoms with van der Waals surface area (Å²) in [5.41, 5.74) is 1.61. The Kier molecular flexibility index (Phi) is 4.94. The minimum Gasteiger partial charge on any atom is -0.325 e. The first-order chi connectivity index (χ1) is 11.1. The van der Waals surface area contributed by atoms with Gasteiger partial charge in [-0.1, -0.05) is 29.8 Å². The molecule has 0 unspecified atom stereocenters. The number of benzene rings is 2. The molecule has 0 atom stereocenters. The van der Waals surface area contributed by atoms with Gasteiger partial charge in [-0.25, -0.2) is 4.39 Å². The Hall–Kier alpha value is -1.91. The Labute approximate surface area is 140 Å². The second kappa shape index (κ2) is 7.11. The largest absolute Gasteiger partial charge is 0.325 e. The van der Waals surface area contributed by atoms with E-state index in [0.717, 1.165) is 18.4 Å². The summed E-state index contributed by atoms with van der Waals surface area (Å²) in [7, 11) is 0. The Balaban J connectivity index is 1.60. The predicted molar refractivity (Wildman–Crippen MR) is 89.9 cm³/mol. The van der Waals surface area contributed by atoms with E-state index in [9.17, 15) is 9.18 Å². The van der Waals surface area contributed by atoms with Crippen LogP contribution in [0, 0.1) is 5.82 Å². The number of halogens is 2. The second-order valence-corrected chi connectivity index (χ2v) is 6.26. The van der Waals surface area contributed by atoms with E-state index in [1.807, 2.05) is 24.3 Å². The third-order valence-corrected chi connectivity index (χ3v) is 4.07. The molecule has 0 spiro atoms.